The first-order valence-corrected chi connectivity index (χ1v) is 7.66. The number of carbonyl (C=O) groups is 1. The monoisotopic (exact) mass is 313 g/mol. The summed E-state index contributed by atoms with van der Waals surface area (Å²) in [7, 11) is 1.51. The third kappa shape index (κ3) is 3.56. The Kier molecular flexibility index (Phi) is 4.36. The van der Waals surface area contributed by atoms with Crippen molar-refractivity contribution in [2.75, 3.05) is 18.0 Å². The van der Waals surface area contributed by atoms with Crippen LogP contribution in [0, 0.1) is 0 Å². The molecule has 3 heterocycles. The highest BCUT2D eigenvalue weighted by Crippen LogP contribution is 2.17. The summed E-state index contributed by atoms with van der Waals surface area (Å²) in [6.07, 6.45) is 4.21. The highest BCUT2D eigenvalue weighted by molar-refractivity contribution is 5.91. The number of pyridine rings is 1. The molecule has 1 aliphatic heterocycles. The number of anilines is 1. The first-order valence-electron chi connectivity index (χ1n) is 7.66. The predicted octanol–water partition coefficient (Wildman–Crippen LogP) is 0.705. The molecule has 0 atom stereocenters. The van der Waals surface area contributed by atoms with Crippen LogP contribution in [-0.2, 0) is 13.6 Å². The Bertz CT molecular complexity index is 748. The molecule has 1 fully saturated rings. The number of hydrogen-bond acceptors (Lipinski definition) is 5. The van der Waals surface area contributed by atoms with Gasteiger partial charge in [-0.3, -0.25) is 9.59 Å². The number of amides is 1. The Morgan fingerprint density at radius 2 is 2.00 bits per heavy atom. The normalized spacial score (nSPS) is 14.0. The zero-order valence-electron chi connectivity index (χ0n) is 13.0. The number of nitrogens with zero attached hydrogens (tertiary/aromatic N) is 4. The van der Waals surface area contributed by atoms with Gasteiger partial charge in [-0.05, 0) is 30.5 Å². The Labute approximate surface area is 134 Å². The van der Waals surface area contributed by atoms with Gasteiger partial charge in [-0.1, -0.05) is 6.07 Å². The molecule has 0 spiro atoms. The molecular formula is C16H19N5O2. The predicted molar refractivity (Wildman–Crippen MR) is 86.3 cm³/mol. The van der Waals surface area contributed by atoms with Crippen molar-refractivity contribution in [1.82, 2.24) is 20.1 Å². The molecule has 1 N–H and O–H groups in total. The fourth-order valence-corrected chi connectivity index (χ4v) is 2.55. The topological polar surface area (TPSA) is 80.1 Å². The van der Waals surface area contributed by atoms with Crippen LogP contribution in [0.3, 0.4) is 0 Å². The fraction of sp³-hybridized carbons (Fsp3) is 0.375. The van der Waals surface area contributed by atoms with Crippen LogP contribution in [-0.4, -0.2) is 33.8 Å². The first kappa shape index (κ1) is 15.2. The molecule has 7 nitrogen and oxygen atoms in total. The zero-order chi connectivity index (χ0) is 16.2. The molecule has 120 valence electrons. The van der Waals surface area contributed by atoms with E-state index in [0.29, 0.717) is 6.54 Å². The lowest BCUT2D eigenvalue weighted by Gasteiger charge is -2.16. The quantitative estimate of drug-likeness (QED) is 0.899. The van der Waals surface area contributed by atoms with Crippen LogP contribution in [0.15, 0.2) is 35.3 Å². The molecule has 0 aromatic carbocycles. The standard InChI is InChI=1S/C16H19N5O2/c1-20-15(22)7-5-13(19-20)16(23)18-11-12-4-6-14(17-10-12)21-8-2-3-9-21/h4-7,10H,2-3,8-9,11H2,1H3,(H,18,23). The summed E-state index contributed by atoms with van der Waals surface area (Å²) in [4.78, 5) is 30.0. The van der Waals surface area contributed by atoms with E-state index in [1.165, 1.54) is 32.0 Å². The van der Waals surface area contributed by atoms with Crippen molar-refractivity contribution < 1.29 is 4.79 Å². The minimum atomic E-state index is -0.316. The maximum atomic E-state index is 12.0. The summed E-state index contributed by atoms with van der Waals surface area (Å²) < 4.78 is 1.14. The second kappa shape index (κ2) is 6.60. The second-order valence-electron chi connectivity index (χ2n) is 5.58. The average molecular weight is 313 g/mol. The lowest BCUT2D eigenvalue weighted by atomic mass is 10.2. The third-order valence-corrected chi connectivity index (χ3v) is 3.89. The Morgan fingerprint density at radius 1 is 1.22 bits per heavy atom. The molecule has 7 heteroatoms. The molecule has 0 bridgehead atoms. The summed E-state index contributed by atoms with van der Waals surface area (Å²) in [5.41, 5.74) is 0.892. The van der Waals surface area contributed by atoms with Gasteiger partial charge in [0.1, 0.15) is 11.5 Å². The molecule has 0 radical (unpaired) electrons. The lowest BCUT2D eigenvalue weighted by molar-refractivity contribution is 0.0943. The van der Waals surface area contributed by atoms with Crippen molar-refractivity contribution in [1.29, 1.82) is 0 Å². The maximum Gasteiger partial charge on any atom is 0.271 e. The van der Waals surface area contributed by atoms with Crippen LogP contribution in [0.1, 0.15) is 28.9 Å². The number of aryl methyl sites for hydroxylation is 1. The van der Waals surface area contributed by atoms with E-state index in [2.05, 4.69) is 20.3 Å². The van der Waals surface area contributed by atoms with Crippen LogP contribution >= 0.6 is 0 Å². The molecule has 1 aliphatic rings. The van der Waals surface area contributed by atoms with Gasteiger partial charge in [-0.25, -0.2) is 9.67 Å². The van der Waals surface area contributed by atoms with Crippen LogP contribution in [0.25, 0.3) is 0 Å². The Morgan fingerprint density at radius 3 is 2.65 bits per heavy atom. The highest BCUT2D eigenvalue weighted by atomic mass is 16.2. The van der Waals surface area contributed by atoms with Crippen LogP contribution in [0.4, 0.5) is 5.82 Å². The molecule has 3 rings (SSSR count). The van der Waals surface area contributed by atoms with E-state index in [0.717, 1.165) is 29.2 Å². The van der Waals surface area contributed by atoms with E-state index in [1.807, 2.05) is 12.1 Å². The molecule has 2 aromatic heterocycles. The minimum absolute atomic E-state index is 0.216. The zero-order valence-corrected chi connectivity index (χ0v) is 13.0. The van der Waals surface area contributed by atoms with E-state index in [9.17, 15) is 9.59 Å². The maximum absolute atomic E-state index is 12.0. The van der Waals surface area contributed by atoms with Gasteiger partial charge in [-0.15, -0.1) is 0 Å². The van der Waals surface area contributed by atoms with E-state index < -0.39 is 0 Å². The van der Waals surface area contributed by atoms with Gasteiger partial charge in [0.15, 0.2) is 0 Å². The number of hydrogen-bond donors (Lipinski definition) is 1. The van der Waals surface area contributed by atoms with E-state index in [-0.39, 0.29) is 17.2 Å². The molecule has 1 amide bonds. The van der Waals surface area contributed by atoms with Gasteiger partial charge in [0.25, 0.3) is 11.5 Å². The molecule has 1 saturated heterocycles. The van der Waals surface area contributed by atoms with Crippen LogP contribution in [0.5, 0.6) is 0 Å². The van der Waals surface area contributed by atoms with Gasteiger partial charge >= 0.3 is 0 Å². The van der Waals surface area contributed by atoms with Gasteiger partial charge < -0.3 is 10.2 Å². The molecule has 0 aliphatic carbocycles. The molecule has 23 heavy (non-hydrogen) atoms. The number of aromatic nitrogens is 3. The summed E-state index contributed by atoms with van der Waals surface area (Å²) in [5, 5.41) is 6.70. The molecule has 0 unspecified atom stereocenters. The molecule has 2 aromatic rings. The average Bonchev–Trinajstić information content (AvgIpc) is 3.10. The van der Waals surface area contributed by atoms with Crippen LogP contribution in [0.2, 0.25) is 0 Å². The smallest absolute Gasteiger partial charge is 0.271 e. The van der Waals surface area contributed by atoms with E-state index >= 15 is 0 Å². The largest absolute Gasteiger partial charge is 0.357 e. The van der Waals surface area contributed by atoms with Gasteiger partial charge in [0, 0.05) is 38.9 Å². The minimum Gasteiger partial charge on any atom is -0.357 e. The van der Waals surface area contributed by atoms with Crippen molar-refractivity contribution in [3.8, 4) is 0 Å². The Hall–Kier alpha value is -2.70. The third-order valence-electron chi connectivity index (χ3n) is 3.89. The fourth-order valence-electron chi connectivity index (χ4n) is 2.55. The van der Waals surface area contributed by atoms with Crippen LogP contribution < -0.4 is 15.8 Å². The lowest BCUT2D eigenvalue weighted by Crippen LogP contribution is -2.28. The van der Waals surface area contributed by atoms with Gasteiger partial charge in [-0.2, -0.15) is 5.10 Å². The summed E-state index contributed by atoms with van der Waals surface area (Å²) in [5.74, 6) is 0.668. The summed E-state index contributed by atoms with van der Waals surface area (Å²) in [6.45, 7) is 2.49. The van der Waals surface area contributed by atoms with Gasteiger partial charge in [0.05, 0.1) is 0 Å². The van der Waals surface area contributed by atoms with Crippen molar-refractivity contribution in [3.05, 3.63) is 52.1 Å². The molecule has 0 saturated carbocycles. The van der Waals surface area contributed by atoms with E-state index in [4.69, 9.17) is 0 Å². The number of rotatable bonds is 4. The van der Waals surface area contributed by atoms with Crippen molar-refractivity contribution in [3.63, 3.8) is 0 Å². The summed E-state index contributed by atoms with van der Waals surface area (Å²) in [6, 6.07) is 6.70. The van der Waals surface area contributed by atoms with Crippen molar-refractivity contribution in [2.24, 2.45) is 7.05 Å². The number of carbonyl (C=O) groups excluding carboxylic acids is 1. The van der Waals surface area contributed by atoms with Gasteiger partial charge in [0.2, 0.25) is 0 Å². The SMILES string of the molecule is Cn1nc(C(=O)NCc2ccc(N3CCCC3)nc2)ccc1=O. The summed E-state index contributed by atoms with van der Waals surface area (Å²) >= 11 is 0. The van der Waals surface area contributed by atoms with Crippen molar-refractivity contribution >= 4 is 11.7 Å². The van der Waals surface area contributed by atoms with Crippen molar-refractivity contribution in [2.45, 2.75) is 19.4 Å². The second-order valence-corrected chi connectivity index (χ2v) is 5.58. The highest BCUT2D eigenvalue weighted by Gasteiger charge is 2.13. The molecular weight excluding hydrogens is 294 g/mol. The van der Waals surface area contributed by atoms with E-state index in [1.54, 1.807) is 6.20 Å². The first-order chi connectivity index (χ1) is 11.1. The number of nitrogens with one attached hydrogen (secondary N) is 1. The Balaban J connectivity index is 1.60.